The van der Waals surface area contributed by atoms with Gasteiger partial charge in [0, 0.05) is 58.1 Å². The molecule has 0 aliphatic rings. The van der Waals surface area contributed by atoms with E-state index < -0.39 is 124 Å². The third-order valence-corrected chi connectivity index (χ3v) is 34.8. The maximum atomic E-state index is 14.1. The first kappa shape index (κ1) is 123. The molecule has 0 aliphatic heterocycles. The number of hydrogen-bond acceptors (Lipinski definition) is 18. The molecule has 0 heterocycles. The molecule has 0 aliphatic carbocycles. The van der Waals surface area contributed by atoms with Crippen molar-refractivity contribution in [3.8, 4) is 0 Å². The van der Waals surface area contributed by atoms with E-state index in [-0.39, 0.29) is 120 Å². The van der Waals surface area contributed by atoms with Crippen molar-refractivity contribution in [2.45, 2.75) is 341 Å². The lowest BCUT2D eigenvalue weighted by atomic mass is 9.85. The van der Waals surface area contributed by atoms with Gasteiger partial charge < -0.3 is 69.4 Å². The van der Waals surface area contributed by atoms with Crippen molar-refractivity contribution in [2.75, 3.05) is 53.5 Å². The van der Waals surface area contributed by atoms with Crippen LogP contribution >= 0.6 is 11.8 Å². The summed E-state index contributed by atoms with van der Waals surface area (Å²) in [6, 6.07) is 7.52. The van der Waals surface area contributed by atoms with E-state index in [1.54, 1.807) is 80.2 Å². The zero-order valence-electron chi connectivity index (χ0n) is 86.6. The summed E-state index contributed by atoms with van der Waals surface area (Å²) in [6.45, 7) is 75.1. The molecule has 0 radical (unpaired) electrons. The lowest BCUT2D eigenvalue weighted by Crippen LogP contribution is -2.56. The number of benzene rings is 2. The number of carbonyl (C=O) groups is 12. The van der Waals surface area contributed by atoms with Crippen molar-refractivity contribution < 1.29 is 86.1 Å². The fraction of sp³-hybridized carbons (Fsp3) is 0.663. The molecule has 31 heteroatoms. The Morgan fingerprint density at radius 1 is 0.515 bits per heavy atom. The highest BCUT2D eigenvalue weighted by molar-refractivity contribution is 7.98. The Morgan fingerprint density at radius 2 is 0.879 bits per heavy atom. The molecule has 2 aromatic carbocycles. The number of carboxylic acids is 1. The molecule has 0 spiro atoms. The Hall–Kier alpha value is -8.96. The number of aliphatic carboxylic acids is 1. The number of aliphatic hydroxyl groups is 1. The van der Waals surface area contributed by atoms with Gasteiger partial charge in [0.1, 0.15) is 30.3 Å². The number of hydrogen-bond donors (Lipinski definition) is 6. The number of thioether (sulfide) groups is 1. The van der Waals surface area contributed by atoms with Gasteiger partial charge >= 0.3 is 11.9 Å². The van der Waals surface area contributed by atoms with Crippen LogP contribution in [0.1, 0.15) is 237 Å². The minimum atomic E-state index is -2.08. The standard InChI is InChI=1S/C50H81N5O8Si.C30H45N5O6.C21H40O4SSi/c1-20-32(5)44(38(11)56)53-43(57)30-54(16)48(60)41(29-39-24-26-40(51-15)27-25-39)55(17)47(59)37(10)52-46(58)42(28-31(3)4)62-49(61)35(8)23-22-34(7)36(9)45(33(6)21-2)63-64(18,19)50(12,13)14;1-10-19(4)27(21(6)36)33-26(38)17-34(8)30(41)24(16-22-11-13-23(31-7)14-12-22)35(9)29(40)20(5)32-28(39)25(37)15-18(2)3;1-11-15(2)19(25-27(9,10)21(5,6)7)17(4)18(24-14-26-8)13-12-16(3)20(22)23/h21,23-27,31-32,34,36-37,41-42,44-45H,20,22,28-30H2,1-14,16-19H3,(H,52,58)(H,53,57);11-14,18-20,24-25,27,37H,10,15-17H2,1-6,8-9H3,(H,32,39)(H,33,38);11-12,17-19H,13-14H2,1-10H3,(H,22,23)/b33-21+,35-23+;;15-11+,16-12+/t32?,34-,36-,37-,41+,42+,44-,45?;19?,20-,24+,25+,27-;17-,18-,19+/m000/s1. The zero-order chi connectivity index (χ0) is 102. The SMILES string of the molecule is C/C=C(\C)[C@@H](O[Si](C)(C)C(C)(C)C)[C@@H](C)[C@H](C/C=C(\C)C(=O)O)OCSC.[C-]#[N+]c1ccc(C[C@H](C(=O)N(C)CC(=O)N[C@H](C(C)=O)C(C)CC)N(C)C(=O)[C@H](C)NC(=O)[C@@H](CC(C)C)OC(=O)/C(C)=C/C[C@H](C)[C@H](C)C(O[Si](C)(C)C(C)(C)C)/C(C)=C/C)cc1.[C-]#[N+]c1ccc(C[C@H](C(=O)N(C)CC(=O)N[C@H](C(C)=O)C(C)CC)N(C)C(=O)[C@H](C)NC(=O)[C@H](O)CC(C)C)cc1. The maximum Gasteiger partial charge on any atom is 0.334 e. The molecule has 0 bridgehead atoms. The number of ether oxygens (including phenoxy) is 2. The summed E-state index contributed by atoms with van der Waals surface area (Å²) in [7, 11) is 1.74. The minimum absolute atomic E-state index is 0.0324. The summed E-state index contributed by atoms with van der Waals surface area (Å²) >= 11 is 1.63. The van der Waals surface area contributed by atoms with Crippen LogP contribution in [0.3, 0.4) is 0 Å². The smallest absolute Gasteiger partial charge is 0.334 e. The van der Waals surface area contributed by atoms with Crippen molar-refractivity contribution in [3.05, 3.63) is 129 Å². The van der Waals surface area contributed by atoms with Gasteiger partial charge in [-0.3, -0.25) is 47.9 Å². The van der Waals surface area contributed by atoms with Crippen molar-refractivity contribution in [1.29, 1.82) is 0 Å². The van der Waals surface area contributed by atoms with Crippen LogP contribution in [0.5, 0.6) is 0 Å². The number of aliphatic hydroxyl groups excluding tert-OH is 1. The van der Waals surface area contributed by atoms with E-state index in [1.165, 1.54) is 86.6 Å². The van der Waals surface area contributed by atoms with E-state index in [0.29, 0.717) is 65.3 Å². The predicted molar refractivity (Wildman–Crippen MR) is 533 cm³/mol. The molecule has 3 unspecified atom stereocenters. The molecule has 2 aromatic rings. The second-order valence-corrected chi connectivity index (χ2v) is 49.8. The maximum absolute atomic E-state index is 14.1. The monoisotopic (exact) mass is 1900 g/mol. The Kier molecular flexibility index (Phi) is 54.4. The summed E-state index contributed by atoms with van der Waals surface area (Å²) in [4.78, 5) is 168. The third kappa shape index (κ3) is 41.5. The lowest BCUT2D eigenvalue weighted by molar-refractivity contribution is -0.154. The lowest BCUT2D eigenvalue weighted by Gasteiger charge is -2.42. The highest BCUT2D eigenvalue weighted by atomic mass is 32.2. The van der Waals surface area contributed by atoms with Gasteiger partial charge in [0.15, 0.2) is 45.7 Å². The molecule has 0 saturated carbocycles. The van der Waals surface area contributed by atoms with E-state index in [1.807, 2.05) is 81.6 Å². The molecule has 16 atom stereocenters. The predicted octanol–water partition coefficient (Wildman–Crippen LogP) is 16.8. The number of ketones is 2. The van der Waals surface area contributed by atoms with Crippen LogP contribution in [0.2, 0.25) is 36.3 Å². The number of likely N-dealkylation sites (N-methyl/N-ethyl adjacent to an activating group) is 4. The topological polar surface area (TPSA) is 352 Å². The van der Waals surface area contributed by atoms with Crippen molar-refractivity contribution >= 4 is 111 Å². The van der Waals surface area contributed by atoms with Crippen molar-refractivity contribution in [2.24, 2.45) is 41.4 Å². The zero-order valence-corrected chi connectivity index (χ0v) is 89.4. The van der Waals surface area contributed by atoms with E-state index in [9.17, 15) is 62.6 Å². The van der Waals surface area contributed by atoms with Gasteiger partial charge in [-0.1, -0.05) is 203 Å². The van der Waals surface area contributed by atoms with Crippen LogP contribution in [0.15, 0.2) is 95.1 Å². The normalized spacial score (nSPS) is 16.0. The van der Waals surface area contributed by atoms with E-state index >= 15 is 0 Å². The number of nitrogens with zero attached hydrogens (tertiary/aromatic N) is 6. The van der Waals surface area contributed by atoms with Crippen LogP contribution in [0.25, 0.3) is 9.69 Å². The largest absolute Gasteiger partial charge is 0.478 e. The minimum Gasteiger partial charge on any atom is -0.478 e. The van der Waals surface area contributed by atoms with Crippen LogP contribution < -0.4 is 21.3 Å². The number of amides is 8. The number of carboxylic acid groups (broad SMARTS) is 1. The Labute approximate surface area is 798 Å². The summed E-state index contributed by atoms with van der Waals surface area (Å²) in [6.07, 6.45) is 10.2. The molecule has 0 saturated heterocycles. The molecule has 742 valence electrons. The van der Waals surface area contributed by atoms with Gasteiger partial charge in [0.25, 0.3) is 5.91 Å². The summed E-state index contributed by atoms with van der Waals surface area (Å²) < 4.78 is 25.6. The number of carbonyl (C=O) groups excluding carboxylic acids is 11. The molecule has 6 N–H and O–H groups in total. The van der Waals surface area contributed by atoms with Crippen LogP contribution in [0, 0.1) is 54.6 Å². The first-order valence-electron chi connectivity index (χ1n) is 46.3. The molecule has 2 rings (SSSR count). The van der Waals surface area contributed by atoms with Crippen LogP contribution in [0.4, 0.5) is 11.4 Å². The van der Waals surface area contributed by atoms with Crippen molar-refractivity contribution in [3.63, 3.8) is 0 Å². The fourth-order valence-corrected chi connectivity index (χ4v) is 16.8. The molecule has 0 fully saturated rings. The summed E-state index contributed by atoms with van der Waals surface area (Å²) in [5, 5.41) is 30.1. The second-order valence-electron chi connectivity index (χ2n) is 39.5. The highest BCUT2D eigenvalue weighted by Crippen LogP contribution is 2.42. The average Bonchev–Trinajstić information content (AvgIpc) is 0.826. The molecular formula is C101H166N10O18SSi2. The van der Waals surface area contributed by atoms with Gasteiger partial charge in [0.2, 0.25) is 41.4 Å². The van der Waals surface area contributed by atoms with Crippen LogP contribution in [-0.4, -0.2) is 237 Å². The average molecular weight is 1900 g/mol. The molecular weight excluding hydrogens is 1730 g/mol. The van der Waals surface area contributed by atoms with Gasteiger partial charge in [-0.25, -0.2) is 19.3 Å². The first-order valence-corrected chi connectivity index (χ1v) is 53.5. The second kappa shape index (κ2) is 58.4. The summed E-state index contributed by atoms with van der Waals surface area (Å²) in [5.74, 6) is -5.60. The number of rotatable bonds is 50. The number of esters is 1. The first-order chi connectivity index (χ1) is 60.9. The number of Topliss-reactive ketones (excluding diaryl/α,β-unsaturated/α-hetero) is 2. The Morgan fingerprint density at radius 3 is 1.20 bits per heavy atom. The molecule has 132 heavy (non-hydrogen) atoms. The molecule has 8 amide bonds. The van der Waals surface area contributed by atoms with Crippen molar-refractivity contribution in [1.82, 2.24) is 40.9 Å². The Bertz CT molecular complexity index is 4310. The summed E-state index contributed by atoms with van der Waals surface area (Å²) in [5.41, 5.74) is 5.27. The van der Waals surface area contributed by atoms with E-state index in [2.05, 4.69) is 145 Å². The van der Waals surface area contributed by atoms with Gasteiger partial charge in [0.05, 0.1) is 62.6 Å². The van der Waals surface area contributed by atoms with E-state index in [0.717, 1.165) is 0 Å². The Balaban J connectivity index is 0.00000215. The van der Waals surface area contributed by atoms with Gasteiger partial charge in [-0.2, -0.15) is 0 Å². The molecule has 0 aromatic heterocycles. The fourth-order valence-electron chi connectivity index (χ4n) is 13.7. The van der Waals surface area contributed by atoms with Gasteiger partial charge in [-0.15, -0.1) is 11.8 Å². The van der Waals surface area contributed by atoms with Crippen LogP contribution in [-0.2, 0) is 88.7 Å². The van der Waals surface area contributed by atoms with Gasteiger partial charge in [-0.05, 0) is 195 Å². The third-order valence-electron chi connectivity index (χ3n) is 25.5. The number of nitrogens with one attached hydrogen (secondary N) is 4. The number of allylic oxidation sites excluding steroid dienone is 3. The molecule has 28 nitrogen and oxygen atoms in total. The quantitative estimate of drug-likeness (QED) is 0.00895. The highest BCUT2D eigenvalue weighted by Gasteiger charge is 2.45. The van der Waals surface area contributed by atoms with E-state index in [4.69, 9.17) is 36.6 Å².